The Hall–Kier alpha value is -1.25. The van der Waals surface area contributed by atoms with Gasteiger partial charge in [-0.25, -0.2) is 4.98 Å². The van der Waals surface area contributed by atoms with E-state index in [9.17, 15) is 0 Å². The van der Waals surface area contributed by atoms with Crippen molar-refractivity contribution in [3.05, 3.63) is 18.3 Å². The Labute approximate surface area is 78.6 Å². The van der Waals surface area contributed by atoms with Crippen molar-refractivity contribution >= 4 is 11.5 Å². The number of pyridine rings is 1. The third-order valence-corrected chi connectivity index (χ3v) is 2.52. The quantitative estimate of drug-likeness (QED) is 0.707. The SMILES string of the molecule is CC1CCN(c2cc(N)ccn2)C1. The van der Waals surface area contributed by atoms with Crippen molar-refractivity contribution < 1.29 is 0 Å². The summed E-state index contributed by atoms with van der Waals surface area (Å²) in [5.41, 5.74) is 6.49. The molecule has 1 aliphatic rings. The zero-order valence-electron chi connectivity index (χ0n) is 7.90. The number of hydrogen-bond donors (Lipinski definition) is 1. The van der Waals surface area contributed by atoms with Gasteiger partial charge in [0.25, 0.3) is 0 Å². The van der Waals surface area contributed by atoms with Crippen LogP contribution in [0.5, 0.6) is 0 Å². The highest BCUT2D eigenvalue weighted by molar-refractivity contribution is 5.50. The smallest absolute Gasteiger partial charge is 0.130 e. The van der Waals surface area contributed by atoms with Crippen molar-refractivity contribution in [2.24, 2.45) is 5.92 Å². The van der Waals surface area contributed by atoms with Crippen LogP contribution in [0.4, 0.5) is 11.5 Å². The number of rotatable bonds is 1. The van der Waals surface area contributed by atoms with E-state index in [1.165, 1.54) is 6.42 Å². The molecule has 2 heterocycles. The van der Waals surface area contributed by atoms with Crippen LogP contribution < -0.4 is 10.6 Å². The van der Waals surface area contributed by atoms with Crippen LogP contribution in [0, 0.1) is 5.92 Å². The van der Waals surface area contributed by atoms with Crippen LogP contribution in [0.15, 0.2) is 18.3 Å². The fourth-order valence-corrected chi connectivity index (χ4v) is 1.75. The van der Waals surface area contributed by atoms with Gasteiger partial charge in [0.1, 0.15) is 5.82 Å². The summed E-state index contributed by atoms with van der Waals surface area (Å²) >= 11 is 0. The standard InChI is InChI=1S/C10H15N3/c1-8-3-5-13(7-8)10-6-9(11)2-4-12-10/h2,4,6,8H,3,5,7H2,1H3,(H2,11,12). The molecule has 0 aromatic carbocycles. The summed E-state index contributed by atoms with van der Waals surface area (Å²) in [6, 6.07) is 3.76. The predicted molar refractivity (Wildman–Crippen MR) is 54.6 cm³/mol. The largest absolute Gasteiger partial charge is 0.399 e. The summed E-state index contributed by atoms with van der Waals surface area (Å²) in [7, 11) is 0. The van der Waals surface area contributed by atoms with E-state index in [0.29, 0.717) is 0 Å². The molecule has 1 aromatic rings. The zero-order valence-corrected chi connectivity index (χ0v) is 7.90. The Balaban J connectivity index is 2.16. The first-order valence-electron chi connectivity index (χ1n) is 4.72. The molecule has 0 aliphatic carbocycles. The zero-order chi connectivity index (χ0) is 9.26. The van der Waals surface area contributed by atoms with Gasteiger partial charge < -0.3 is 10.6 Å². The molecule has 0 spiro atoms. The van der Waals surface area contributed by atoms with Gasteiger partial charge in [0.15, 0.2) is 0 Å². The molecule has 1 fully saturated rings. The van der Waals surface area contributed by atoms with E-state index in [4.69, 9.17) is 5.73 Å². The van der Waals surface area contributed by atoms with Gasteiger partial charge in [-0.05, 0) is 18.4 Å². The maximum atomic E-state index is 5.69. The van der Waals surface area contributed by atoms with Gasteiger partial charge >= 0.3 is 0 Å². The second-order valence-electron chi connectivity index (χ2n) is 3.79. The van der Waals surface area contributed by atoms with Gasteiger partial charge in [-0.3, -0.25) is 0 Å². The van der Waals surface area contributed by atoms with Crippen molar-refractivity contribution in [3.63, 3.8) is 0 Å². The highest BCUT2D eigenvalue weighted by atomic mass is 15.2. The molecule has 1 unspecified atom stereocenters. The minimum absolute atomic E-state index is 0.781. The van der Waals surface area contributed by atoms with E-state index in [1.54, 1.807) is 6.20 Å². The average Bonchev–Trinajstić information content (AvgIpc) is 2.52. The van der Waals surface area contributed by atoms with E-state index in [-0.39, 0.29) is 0 Å². The van der Waals surface area contributed by atoms with Crippen molar-refractivity contribution in [2.45, 2.75) is 13.3 Å². The maximum Gasteiger partial charge on any atom is 0.130 e. The van der Waals surface area contributed by atoms with Gasteiger partial charge in [-0.1, -0.05) is 6.92 Å². The van der Waals surface area contributed by atoms with Gasteiger partial charge in [0.05, 0.1) is 0 Å². The third-order valence-electron chi connectivity index (χ3n) is 2.52. The molecule has 70 valence electrons. The molecule has 0 radical (unpaired) electrons. The second-order valence-corrected chi connectivity index (χ2v) is 3.79. The van der Waals surface area contributed by atoms with E-state index < -0.39 is 0 Å². The molecule has 1 aliphatic heterocycles. The number of anilines is 2. The molecular formula is C10H15N3. The van der Waals surface area contributed by atoms with Gasteiger partial charge in [0, 0.05) is 31.0 Å². The van der Waals surface area contributed by atoms with Gasteiger partial charge in [0.2, 0.25) is 0 Å². The summed E-state index contributed by atoms with van der Waals surface area (Å²) in [6.45, 7) is 4.49. The number of nitrogen functional groups attached to an aromatic ring is 1. The number of nitrogens with two attached hydrogens (primary N) is 1. The van der Waals surface area contributed by atoms with Crippen molar-refractivity contribution in [3.8, 4) is 0 Å². The lowest BCUT2D eigenvalue weighted by Crippen LogP contribution is -2.20. The summed E-state index contributed by atoms with van der Waals surface area (Å²) in [5.74, 6) is 1.80. The van der Waals surface area contributed by atoms with E-state index in [1.807, 2.05) is 12.1 Å². The molecule has 1 atom stereocenters. The Morgan fingerprint density at radius 2 is 2.46 bits per heavy atom. The number of nitrogens with zero attached hydrogens (tertiary/aromatic N) is 2. The van der Waals surface area contributed by atoms with Crippen molar-refractivity contribution in [1.82, 2.24) is 4.98 Å². The molecule has 2 rings (SSSR count). The Morgan fingerprint density at radius 1 is 1.62 bits per heavy atom. The summed E-state index contributed by atoms with van der Waals surface area (Å²) in [5, 5.41) is 0. The van der Waals surface area contributed by atoms with E-state index in [0.717, 1.165) is 30.5 Å². The van der Waals surface area contributed by atoms with E-state index in [2.05, 4.69) is 16.8 Å². The van der Waals surface area contributed by atoms with Crippen LogP contribution >= 0.6 is 0 Å². The van der Waals surface area contributed by atoms with Gasteiger partial charge in [-0.15, -0.1) is 0 Å². The first kappa shape index (κ1) is 8.35. The van der Waals surface area contributed by atoms with Crippen LogP contribution in [0.3, 0.4) is 0 Å². The van der Waals surface area contributed by atoms with Crippen LogP contribution in [-0.4, -0.2) is 18.1 Å². The monoisotopic (exact) mass is 177 g/mol. The van der Waals surface area contributed by atoms with Crippen molar-refractivity contribution in [1.29, 1.82) is 0 Å². The molecule has 1 aromatic heterocycles. The molecule has 0 amide bonds. The maximum absolute atomic E-state index is 5.69. The molecular weight excluding hydrogens is 162 g/mol. The van der Waals surface area contributed by atoms with E-state index >= 15 is 0 Å². The molecule has 0 saturated carbocycles. The predicted octanol–water partition coefficient (Wildman–Crippen LogP) is 1.51. The van der Waals surface area contributed by atoms with Crippen molar-refractivity contribution in [2.75, 3.05) is 23.7 Å². The summed E-state index contributed by atoms with van der Waals surface area (Å²) in [6.07, 6.45) is 3.03. The minimum atomic E-state index is 0.781. The number of aromatic nitrogens is 1. The fourth-order valence-electron chi connectivity index (χ4n) is 1.75. The summed E-state index contributed by atoms with van der Waals surface area (Å²) in [4.78, 5) is 6.59. The van der Waals surface area contributed by atoms with Gasteiger partial charge in [-0.2, -0.15) is 0 Å². The lowest BCUT2D eigenvalue weighted by atomic mass is 10.2. The Bertz CT molecular complexity index is 298. The third kappa shape index (κ3) is 1.74. The molecule has 0 bridgehead atoms. The second kappa shape index (κ2) is 3.24. The molecule has 3 nitrogen and oxygen atoms in total. The van der Waals surface area contributed by atoms with Crippen LogP contribution in [0.2, 0.25) is 0 Å². The number of hydrogen-bond acceptors (Lipinski definition) is 3. The lowest BCUT2D eigenvalue weighted by Gasteiger charge is -2.16. The Morgan fingerprint density at radius 3 is 3.08 bits per heavy atom. The fraction of sp³-hybridized carbons (Fsp3) is 0.500. The summed E-state index contributed by atoms with van der Waals surface area (Å²) < 4.78 is 0. The normalized spacial score (nSPS) is 22.2. The average molecular weight is 177 g/mol. The first-order valence-corrected chi connectivity index (χ1v) is 4.72. The topological polar surface area (TPSA) is 42.1 Å². The molecule has 13 heavy (non-hydrogen) atoms. The van der Waals surface area contributed by atoms with Crippen LogP contribution in [-0.2, 0) is 0 Å². The minimum Gasteiger partial charge on any atom is -0.399 e. The lowest BCUT2D eigenvalue weighted by molar-refractivity contribution is 0.659. The molecule has 2 N–H and O–H groups in total. The Kier molecular flexibility index (Phi) is 2.08. The highest BCUT2D eigenvalue weighted by Crippen LogP contribution is 2.22. The van der Waals surface area contributed by atoms with Crippen LogP contribution in [0.1, 0.15) is 13.3 Å². The van der Waals surface area contributed by atoms with Crippen LogP contribution in [0.25, 0.3) is 0 Å². The molecule has 1 saturated heterocycles. The highest BCUT2D eigenvalue weighted by Gasteiger charge is 2.19. The molecule has 3 heteroatoms. The first-order chi connectivity index (χ1) is 6.25.